The maximum absolute atomic E-state index is 12.0. The summed E-state index contributed by atoms with van der Waals surface area (Å²) in [6.45, 7) is 8.29. The first-order valence-corrected chi connectivity index (χ1v) is 5.90. The Morgan fingerprint density at radius 3 is 2.94 bits per heavy atom. The normalized spacial score (nSPS) is 20.0. The zero-order chi connectivity index (χ0) is 12.6. The smallest absolute Gasteiger partial charge is 0.410 e. The largest absolute Gasteiger partial charge is 0.444 e. The summed E-state index contributed by atoms with van der Waals surface area (Å²) in [5.41, 5.74) is 1.69. The van der Waals surface area contributed by atoms with Crippen molar-refractivity contribution in [1.82, 2.24) is 15.1 Å². The van der Waals surface area contributed by atoms with E-state index < -0.39 is 5.60 Å². The number of aromatic nitrogens is 2. The fraction of sp³-hybridized carbons (Fsp3) is 0.667. The lowest BCUT2D eigenvalue weighted by Crippen LogP contribution is -2.41. The Kier molecular flexibility index (Phi) is 2.85. The maximum atomic E-state index is 12.0. The van der Waals surface area contributed by atoms with Crippen LogP contribution in [0.25, 0.3) is 0 Å². The van der Waals surface area contributed by atoms with Crippen LogP contribution in [0.5, 0.6) is 0 Å². The number of aromatic amines is 1. The van der Waals surface area contributed by atoms with Gasteiger partial charge in [-0.1, -0.05) is 0 Å². The number of hydrogen-bond donors (Lipinski definition) is 1. The summed E-state index contributed by atoms with van der Waals surface area (Å²) in [6.07, 6.45) is 2.38. The lowest BCUT2D eigenvalue weighted by atomic mass is 10.0. The van der Waals surface area contributed by atoms with E-state index >= 15 is 0 Å². The van der Waals surface area contributed by atoms with Crippen molar-refractivity contribution in [3.8, 4) is 0 Å². The number of carbonyl (C=O) groups excluding carboxylic acids is 1. The number of nitrogens with one attached hydrogen (secondary N) is 1. The minimum Gasteiger partial charge on any atom is -0.444 e. The molecular weight excluding hydrogens is 218 g/mol. The van der Waals surface area contributed by atoms with E-state index in [0.717, 1.165) is 17.7 Å². The zero-order valence-corrected chi connectivity index (χ0v) is 10.8. The molecule has 5 nitrogen and oxygen atoms in total. The van der Waals surface area contributed by atoms with Crippen LogP contribution in [-0.2, 0) is 11.2 Å². The highest BCUT2D eigenvalue weighted by Gasteiger charge is 2.31. The lowest BCUT2D eigenvalue weighted by molar-refractivity contribution is 0.0159. The molecule has 2 heterocycles. The number of nitrogens with zero attached hydrogens (tertiary/aromatic N) is 2. The van der Waals surface area contributed by atoms with Crippen molar-refractivity contribution in [3.63, 3.8) is 0 Å². The molecule has 0 radical (unpaired) electrons. The summed E-state index contributed by atoms with van der Waals surface area (Å²) in [4.78, 5) is 13.8. The number of carbonyl (C=O) groups is 1. The molecule has 17 heavy (non-hydrogen) atoms. The first-order chi connectivity index (χ1) is 7.88. The minimum atomic E-state index is -0.451. The second-order valence-corrected chi connectivity index (χ2v) is 5.39. The predicted octanol–water partition coefficient (Wildman–Crippen LogP) is 2.26. The van der Waals surface area contributed by atoms with Crippen molar-refractivity contribution in [2.75, 3.05) is 6.54 Å². The molecule has 1 aliphatic rings. The van der Waals surface area contributed by atoms with Gasteiger partial charge in [0.15, 0.2) is 0 Å². The van der Waals surface area contributed by atoms with Gasteiger partial charge >= 0.3 is 6.09 Å². The third-order valence-corrected chi connectivity index (χ3v) is 2.89. The average molecular weight is 237 g/mol. The van der Waals surface area contributed by atoms with Gasteiger partial charge in [0.05, 0.1) is 11.7 Å². The Hall–Kier alpha value is -1.52. The first-order valence-electron chi connectivity index (χ1n) is 5.90. The SMILES string of the molecule is C[C@@H]1c2c[nH]nc2CCN1C(=O)OC(C)(C)C. The van der Waals surface area contributed by atoms with Crippen molar-refractivity contribution in [2.24, 2.45) is 0 Å². The second-order valence-electron chi connectivity index (χ2n) is 5.39. The van der Waals surface area contributed by atoms with Crippen LogP contribution in [0.3, 0.4) is 0 Å². The van der Waals surface area contributed by atoms with E-state index in [-0.39, 0.29) is 12.1 Å². The van der Waals surface area contributed by atoms with Gasteiger partial charge < -0.3 is 9.64 Å². The van der Waals surface area contributed by atoms with Crippen molar-refractivity contribution < 1.29 is 9.53 Å². The molecule has 1 aromatic heterocycles. The van der Waals surface area contributed by atoms with Gasteiger partial charge in [-0.25, -0.2) is 4.79 Å². The van der Waals surface area contributed by atoms with Gasteiger partial charge in [-0.15, -0.1) is 0 Å². The molecular formula is C12H19N3O2. The Labute approximate surface area is 101 Å². The Morgan fingerprint density at radius 2 is 2.29 bits per heavy atom. The number of H-pyrrole nitrogens is 1. The average Bonchev–Trinajstić information content (AvgIpc) is 2.63. The molecule has 94 valence electrons. The fourth-order valence-corrected chi connectivity index (χ4v) is 2.05. The first kappa shape index (κ1) is 12.0. The number of fused-ring (bicyclic) bond motifs is 1. The van der Waals surface area contributed by atoms with Gasteiger partial charge in [-0.3, -0.25) is 5.10 Å². The van der Waals surface area contributed by atoms with Gasteiger partial charge in [-0.05, 0) is 27.7 Å². The number of rotatable bonds is 0. The van der Waals surface area contributed by atoms with E-state index in [2.05, 4.69) is 10.2 Å². The van der Waals surface area contributed by atoms with Crippen molar-refractivity contribution in [2.45, 2.75) is 45.8 Å². The molecule has 0 bridgehead atoms. The van der Waals surface area contributed by atoms with Gasteiger partial charge in [0.25, 0.3) is 0 Å². The number of amides is 1. The summed E-state index contributed by atoms with van der Waals surface area (Å²) in [5.74, 6) is 0. The second kappa shape index (κ2) is 4.05. The van der Waals surface area contributed by atoms with Crippen LogP contribution in [0.2, 0.25) is 0 Å². The third kappa shape index (κ3) is 2.43. The van der Waals surface area contributed by atoms with Crippen LogP contribution < -0.4 is 0 Å². The summed E-state index contributed by atoms with van der Waals surface area (Å²) >= 11 is 0. The molecule has 0 aliphatic carbocycles. The quantitative estimate of drug-likeness (QED) is 0.753. The molecule has 1 aromatic rings. The predicted molar refractivity (Wildman–Crippen MR) is 63.6 cm³/mol. The Morgan fingerprint density at radius 1 is 1.59 bits per heavy atom. The topological polar surface area (TPSA) is 58.2 Å². The monoisotopic (exact) mass is 237 g/mol. The van der Waals surface area contributed by atoms with E-state index in [1.807, 2.05) is 33.9 Å². The molecule has 5 heteroatoms. The highest BCUT2D eigenvalue weighted by atomic mass is 16.6. The van der Waals surface area contributed by atoms with Crippen LogP contribution in [0, 0.1) is 0 Å². The van der Waals surface area contributed by atoms with Gasteiger partial charge in [-0.2, -0.15) is 5.10 Å². The van der Waals surface area contributed by atoms with Gasteiger partial charge in [0, 0.05) is 24.7 Å². The van der Waals surface area contributed by atoms with Gasteiger partial charge in [0.2, 0.25) is 0 Å². The van der Waals surface area contributed by atoms with Crippen LogP contribution in [0.4, 0.5) is 4.79 Å². The van der Waals surface area contributed by atoms with Crippen LogP contribution in [0.1, 0.15) is 45.0 Å². The maximum Gasteiger partial charge on any atom is 0.410 e. The standard InChI is InChI=1S/C12H19N3O2/c1-8-9-7-13-14-10(9)5-6-15(8)11(16)17-12(2,3)4/h7-8H,5-6H2,1-4H3,(H,13,14)/t8-/m1/s1. The minimum absolute atomic E-state index is 0.0207. The molecule has 0 unspecified atom stereocenters. The van der Waals surface area contributed by atoms with Crippen molar-refractivity contribution in [1.29, 1.82) is 0 Å². The molecule has 0 aromatic carbocycles. The van der Waals surface area contributed by atoms with Gasteiger partial charge in [0.1, 0.15) is 5.60 Å². The molecule has 1 amide bonds. The zero-order valence-electron chi connectivity index (χ0n) is 10.8. The van der Waals surface area contributed by atoms with E-state index in [4.69, 9.17) is 4.74 Å². The van der Waals surface area contributed by atoms with E-state index in [0.29, 0.717) is 6.54 Å². The van der Waals surface area contributed by atoms with E-state index in [1.165, 1.54) is 0 Å². The molecule has 2 rings (SSSR count). The lowest BCUT2D eigenvalue weighted by Gasteiger charge is -2.34. The molecule has 0 saturated heterocycles. The molecule has 1 aliphatic heterocycles. The molecule has 0 saturated carbocycles. The van der Waals surface area contributed by atoms with Crippen LogP contribution >= 0.6 is 0 Å². The Balaban J connectivity index is 2.12. The highest BCUT2D eigenvalue weighted by molar-refractivity contribution is 5.69. The fourth-order valence-electron chi connectivity index (χ4n) is 2.05. The third-order valence-electron chi connectivity index (χ3n) is 2.89. The molecule has 1 N–H and O–H groups in total. The van der Waals surface area contributed by atoms with E-state index in [1.54, 1.807) is 4.90 Å². The summed E-state index contributed by atoms with van der Waals surface area (Å²) in [5, 5.41) is 7.02. The summed E-state index contributed by atoms with van der Waals surface area (Å²) < 4.78 is 5.40. The summed E-state index contributed by atoms with van der Waals surface area (Å²) in [6, 6.07) is 0.0207. The molecule has 0 spiro atoms. The van der Waals surface area contributed by atoms with Crippen LogP contribution in [0.15, 0.2) is 6.20 Å². The highest BCUT2D eigenvalue weighted by Crippen LogP contribution is 2.28. The Bertz CT molecular complexity index is 420. The number of ether oxygens (including phenoxy) is 1. The molecule has 0 fully saturated rings. The van der Waals surface area contributed by atoms with Crippen molar-refractivity contribution in [3.05, 3.63) is 17.5 Å². The van der Waals surface area contributed by atoms with E-state index in [9.17, 15) is 4.79 Å². The number of hydrogen-bond acceptors (Lipinski definition) is 3. The summed E-state index contributed by atoms with van der Waals surface area (Å²) in [7, 11) is 0. The van der Waals surface area contributed by atoms with Crippen molar-refractivity contribution >= 4 is 6.09 Å². The molecule has 1 atom stereocenters. The van der Waals surface area contributed by atoms with Crippen LogP contribution in [-0.4, -0.2) is 33.3 Å².